The molecule has 0 aliphatic rings. The Balaban J connectivity index is 1.75. The van der Waals surface area contributed by atoms with Gasteiger partial charge in [-0.2, -0.15) is 0 Å². The molecule has 0 atom stereocenters. The lowest BCUT2D eigenvalue weighted by Gasteiger charge is -2.12. The van der Waals surface area contributed by atoms with E-state index in [4.69, 9.17) is 12.2 Å². The van der Waals surface area contributed by atoms with Crippen molar-refractivity contribution < 1.29 is 5.11 Å². The molecule has 0 aliphatic heterocycles. The summed E-state index contributed by atoms with van der Waals surface area (Å²) in [5.74, 6) is 0.272. The third-order valence-electron chi connectivity index (χ3n) is 3.15. The second kappa shape index (κ2) is 6.11. The van der Waals surface area contributed by atoms with E-state index in [-0.39, 0.29) is 5.75 Å². The van der Waals surface area contributed by atoms with Crippen molar-refractivity contribution in [1.82, 2.24) is 5.32 Å². The van der Waals surface area contributed by atoms with Gasteiger partial charge in [0.25, 0.3) is 0 Å². The molecule has 3 rings (SSSR count). The average molecular weight is 314 g/mol. The highest BCUT2D eigenvalue weighted by Gasteiger charge is 2.05. The van der Waals surface area contributed by atoms with Crippen molar-refractivity contribution in [1.29, 1.82) is 0 Å². The minimum Gasteiger partial charge on any atom is -0.507 e. The summed E-state index contributed by atoms with van der Waals surface area (Å²) in [4.78, 5) is 1.23. The van der Waals surface area contributed by atoms with Crippen LogP contribution in [-0.2, 0) is 6.54 Å². The van der Waals surface area contributed by atoms with Crippen molar-refractivity contribution in [2.75, 3.05) is 5.32 Å². The van der Waals surface area contributed by atoms with Gasteiger partial charge < -0.3 is 15.7 Å². The normalized spacial score (nSPS) is 10.5. The fourth-order valence-electron chi connectivity index (χ4n) is 2.15. The van der Waals surface area contributed by atoms with Crippen LogP contribution in [-0.4, -0.2) is 10.2 Å². The van der Waals surface area contributed by atoms with Crippen LogP contribution in [0.1, 0.15) is 4.88 Å². The van der Waals surface area contributed by atoms with Gasteiger partial charge in [-0.3, -0.25) is 0 Å². The first-order chi connectivity index (χ1) is 10.2. The standard InChI is InChI=1S/C16H14N2OS2/c19-15-8-2-5-12-13(15)6-1-7-14(12)18-16(20)17-10-11-4-3-9-21-11/h1-9,19H,10H2,(H2,17,18,20). The first kappa shape index (κ1) is 13.9. The van der Waals surface area contributed by atoms with Crippen LogP contribution in [0.3, 0.4) is 0 Å². The highest BCUT2D eigenvalue weighted by Crippen LogP contribution is 2.29. The number of benzene rings is 2. The number of hydrogen-bond acceptors (Lipinski definition) is 3. The molecule has 0 saturated heterocycles. The predicted molar refractivity (Wildman–Crippen MR) is 93.0 cm³/mol. The lowest BCUT2D eigenvalue weighted by Crippen LogP contribution is -2.27. The second-order valence-electron chi connectivity index (χ2n) is 4.56. The van der Waals surface area contributed by atoms with Gasteiger partial charge in [-0.1, -0.05) is 30.3 Å². The highest BCUT2D eigenvalue weighted by atomic mass is 32.1. The minimum absolute atomic E-state index is 0.272. The first-order valence-corrected chi connectivity index (χ1v) is 7.81. The Kier molecular flexibility index (Phi) is 4.03. The molecular formula is C16H14N2OS2. The van der Waals surface area contributed by atoms with Crippen molar-refractivity contribution in [2.24, 2.45) is 0 Å². The fraction of sp³-hybridized carbons (Fsp3) is 0.0625. The van der Waals surface area contributed by atoms with Crippen molar-refractivity contribution in [3.05, 3.63) is 58.8 Å². The monoisotopic (exact) mass is 314 g/mol. The van der Waals surface area contributed by atoms with Crippen molar-refractivity contribution in [3.63, 3.8) is 0 Å². The maximum Gasteiger partial charge on any atom is 0.171 e. The molecule has 3 N–H and O–H groups in total. The van der Waals surface area contributed by atoms with E-state index in [1.807, 2.05) is 41.8 Å². The van der Waals surface area contributed by atoms with Gasteiger partial charge in [0.05, 0.1) is 6.54 Å². The molecule has 0 amide bonds. The summed E-state index contributed by atoms with van der Waals surface area (Å²) in [7, 11) is 0. The maximum absolute atomic E-state index is 9.88. The molecule has 1 heterocycles. The molecule has 2 aromatic carbocycles. The van der Waals surface area contributed by atoms with Gasteiger partial charge in [0, 0.05) is 21.3 Å². The van der Waals surface area contributed by atoms with Crippen LogP contribution in [0.15, 0.2) is 53.9 Å². The third-order valence-corrected chi connectivity index (χ3v) is 4.27. The molecule has 3 nitrogen and oxygen atoms in total. The second-order valence-corrected chi connectivity index (χ2v) is 6.01. The van der Waals surface area contributed by atoms with Crippen molar-refractivity contribution >= 4 is 45.1 Å². The summed E-state index contributed by atoms with van der Waals surface area (Å²) in [6, 6.07) is 15.3. The van der Waals surface area contributed by atoms with E-state index < -0.39 is 0 Å². The van der Waals surface area contributed by atoms with Crippen LogP contribution in [0.2, 0.25) is 0 Å². The molecule has 0 spiro atoms. The molecule has 0 unspecified atom stereocenters. The predicted octanol–water partition coefficient (Wildman–Crippen LogP) is 4.09. The Labute approximate surface area is 132 Å². The first-order valence-electron chi connectivity index (χ1n) is 6.52. The number of phenolic OH excluding ortho intramolecular Hbond substituents is 1. The number of phenols is 1. The Morgan fingerprint density at radius 1 is 1.05 bits per heavy atom. The summed E-state index contributed by atoms with van der Waals surface area (Å²) in [6.07, 6.45) is 0. The number of nitrogens with one attached hydrogen (secondary N) is 2. The number of rotatable bonds is 3. The number of fused-ring (bicyclic) bond motifs is 1. The van der Waals surface area contributed by atoms with E-state index >= 15 is 0 Å². The molecule has 0 saturated carbocycles. The molecule has 0 fully saturated rings. The van der Waals surface area contributed by atoms with E-state index in [1.165, 1.54) is 4.88 Å². The zero-order valence-electron chi connectivity index (χ0n) is 11.2. The molecule has 0 radical (unpaired) electrons. The molecular weight excluding hydrogens is 300 g/mol. The third kappa shape index (κ3) is 3.15. The minimum atomic E-state index is 0.272. The zero-order valence-corrected chi connectivity index (χ0v) is 12.8. The number of hydrogen-bond donors (Lipinski definition) is 3. The SMILES string of the molecule is Oc1cccc2c(NC(=S)NCc3cccs3)cccc12. The lowest BCUT2D eigenvalue weighted by molar-refractivity contribution is 0.481. The van der Waals surface area contributed by atoms with E-state index in [9.17, 15) is 5.11 Å². The fourth-order valence-corrected chi connectivity index (χ4v) is 2.98. The summed E-state index contributed by atoms with van der Waals surface area (Å²) in [5.41, 5.74) is 0.882. The van der Waals surface area contributed by atoms with Gasteiger partial charge in [-0.25, -0.2) is 0 Å². The topological polar surface area (TPSA) is 44.3 Å². The van der Waals surface area contributed by atoms with Crippen LogP contribution < -0.4 is 10.6 Å². The van der Waals surface area contributed by atoms with Crippen molar-refractivity contribution in [3.8, 4) is 5.75 Å². The molecule has 0 aliphatic carbocycles. The molecule has 21 heavy (non-hydrogen) atoms. The Bertz CT molecular complexity index is 769. The van der Waals surface area contributed by atoms with Crippen LogP contribution in [0.5, 0.6) is 5.75 Å². The largest absolute Gasteiger partial charge is 0.507 e. The highest BCUT2D eigenvalue weighted by molar-refractivity contribution is 7.80. The van der Waals surface area contributed by atoms with Crippen LogP contribution in [0, 0.1) is 0 Å². The summed E-state index contributed by atoms with van der Waals surface area (Å²) >= 11 is 7.02. The number of thiophene rings is 1. The van der Waals surface area contributed by atoms with Gasteiger partial charge in [-0.05, 0) is 35.8 Å². The van der Waals surface area contributed by atoms with Gasteiger partial charge in [0.1, 0.15) is 5.75 Å². The van der Waals surface area contributed by atoms with E-state index in [0.717, 1.165) is 16.5 Å². The molecule has 0 bridgehead atoms. The quantitative estimate of drug-likeness (QED) is 0.637. The number of aromatic hydroxyl groups is 1. The van der Waals surface area contributed by atoms with Crippen LogP contribution in [0.4, 0.5) is 5.69 Å². The number of thiocarbonyl (C=S) groups is 1. The summed E-state index contributed by atoms with van der Waals surface area (Å²) in [6.45, 7) is 0.708. The molecule has 5 heteroatoms. The zero-order chi connectivity index (χ0) is 14.7. The number of anilines is 1. The maximum atomic E-state index is 9.88. The van der Waals surface area contributed by atoms with E-state index in [0.29, 0.717) is 11.7 Å². The Morgan fingerprint density at radius 2 is 1.86 bits per heavy atom. The molecule has 106 valence electrons. The van der Waals surface area contributed by atoms with Crippen LogP contribution in [0.25, 0.3) is 10.8 Å². The van der Waals surface area contributed by atoms with Crippen molar-refractivity contribution in [2.45, 2.75) is 6.54 Å². The molecule has 1 aromatic heterocycles. The van der Waals surface area contributed by atoms with E-state index in [2.05, 4.69) is 16.7 Å². The van der Waals surface area contributed by atoms with Crippen LogP contribution >= 0.6 is 23.6 Å². The average Bonchev–Trinajstić information content (AvgIpc) is 3.00. The lowest BCUT2D eigenvalue weighted by atomic mass is 10.1. The van der Waals surface area contributed by atoms with E-state index in [1.54, 1.807) is 17.4 Å². The van der Waals surface area contributed by atoms with Gasteiger partial charge in [0.2, 0.25) is 0 Å². The Hall–Kier alpha value is -2.11. The smallest absolute Gasteiger partial charge is 0.171 e. The van der Waals surface area contributed by atoms with Gasteiger partial charge in [0.15, 0.2) is 5.11 Å². The summed E-state index contributed by atoms with van der Waals surface area (Å²) in [5, 5.41) is 20.6. The van der Waals surface area contributed by atoms with Gasteiger partial charge in [-0.15, -0.1) is 11.3 Å². The van der Waals surface area contributed by atoms with Gasteiger partial charge >= 0.3 is 0 Å². The Morgan fingerprint density at radius 3 is 2.67 bits per heavy atom. The molecule has 3 aromatic rings. The summed E-state index contributed by atoms with van der Waals surface area (Å²) < 4.78 is 0.